The highest BCUT2D eigenvalue weighted by Crippen LogP contribution is 2.34. The van der Waals surface area contributed by atoms with E-state index in [1.807, 2.05) is 6.92 Å². The highest BCUT2D eigenvalue weighted by molar-refractivity contribution is 6.47. The Labute approximate surface area is 155 Å². The number of nitrogens with two attached hydrogens (primary N) is 2. The fourth-order valence-corrected chi connectivity index (χ4v) is 2.71. The van der Waals surface area contributed by atoms with Crippen LogP contribution in [0.4, 0.5) is 11.6 Å². The zero-order chi connectivity index (χ0) is 18.6. The van der Waals surface area contributed by atoms with Gasteiger partial charge in [0.25, 0.3) is 5.91 Å². The van der Waals surface area contributed by atoms with Crippen LogP contribution in [0.3, 0.4) is 0 Å². The van der Waals surface area contributed by atoms with Crippen molar-refractivity contribution in [3.8, 4) is 11.1 Å². The molecular formula is C17H17Cl2N5O. The molecule has 5 N–H and O–H groups in total. The van der Waals surface area contributed by atoms with Gasteiger partial charge in [-0.25, -0.2) is 4.98 Å². The number of nitrogen functional groups attached to an aromatic ring is 1. The third-order valence-electron chi connectivity index (χ3n) is 3.49. The van der Waals surface area contributed by atoms with Gasteiger partial charge in [0.15, 0.2) is 0 Å². The van der Waals surface area contributed by atoms with Crippen molar-refractivity contribution < 1.29 is 4.79 Å². The molecule has 0 bridgehead atoms. The molecule has 8 heteroatoms. The Kier molecular flexibility index (Phi) is 6.01. The fraction of sp³-hybridized carbons (Fsp3) is 0.118. The molecule has 2 rings (SSSR count). The van der Waals surface area contributed by atoms with Gasteiger partial charge in [-0.2, -0.15) is 0 Å². The number of nitrogens with zero attached hydrogens (tertiary/aromatic N) is 2. The number of anilines is 2. The van der Waals surface area contributed by atoms with Gasteiger partial charge in [-0.3, -0.25) is 9.79 Å². The van der Waals surface area contributed by atoms with Crippen LogP contribution in [0.1, 0.15) is 5.56 Å². The lowest BCUT2D eigenvalue weighted by molar-refractivity contribution is -0.110. The average molecular weight is 378 g/mol. The van der Waals surface area contributed by atoms with Crippen molar-refractivity contribution >= 4 is 46.5 Å². The summed E-state index contributed by atoms with van der Waals surface area (Å²) in [6.07, 6.45) is 2.63. The van der Waals surface area contributed by atoms with Crippen LogP contribution in [0.25, 0.3) is 11.1 Å². The minimum atomic E-state index is -0.439. The van der Waals surface area contributed by atoms with E-state index in [9.17, 15) is 4.79 Å². The normalized spacial score (nSPS) is 11.8. The first-order valence-electron chi connectivity index (χ1n) is 7.26. The van der Waals surface area contributed by atoms with Crippen molar-refractivity contribution in [1.29, 1.82) is 0 Å². The lowest BCUT2D eigenvalue weighted by Gasteiger charge is -2.12. The van der Waals surface area contributed by atoms with E-state index in [1.54, 1.807) is 24.3 Å². The second kappa shape index (κ2) is 8.00. The molecule has 1 aromatic carbocycles. The smallest absolute Gasteiger partial charge is 0.274 e. The van der Waals surface area contributed by atoms with E-state index in [2.05, 4.69) is 15.3 Å². The number of nitrogens with one attached hydrogen (secondary N) is 1. The molecule has 0 unspecified atom stereocenters. The maximum absolute atomic E-state index is 12.1. The number of pyridine rings is 1. The molecule has 1 heterocycles. The van der Waals surface area contributed by atoms with E-state index in [4.69, 9.17) is 34.7 Å². The molecule has 6 nitrogen and oxygen atoms in total. The van der Waals surface area contributed by atoms with Gasteiger partial charge in [0.1, 0.15) is 17.3 Å². The van der Waals surface area contributed by atoms with Gasteiger partial charge < -0.3 is 16.8 Å². The number of hydrogen-bond acceptors (Lipinski definition) is 5. The molecule has 0 aliphatic heterocycles. The van der Waals surface area contributed by atoms with Crippen LogP contribution < -0.4 is 16.8 Å². The summed E-state index contributed by atoms with van der Waals surface area (Å²) in [5, 5.41) is 3.65. The minimum absolute atomic E-state index is 0.171. The zero-order valence-corrected chi connectivity index (χ0v) is 15.2. The summed E-state index contributed by atoms with van der Waals surface area (Å²) in [5.41, 5.74) is 13.8. The quantitative estimate of drug-likeness (QED) is 0.709. The molecule has 0 saturated heterocycles. The number of hydrogen-bond donors (Lipinski definition) is 3. The van der Waals surface area contributed by atoms with E-state index in [0.717, 1.165) is 11.1 Å². The molecule has 25 heavy (non-hydrogen) atoms. The lowest BCUT2D eigenvalue weighted by Crippen LogP contribution is -2.22. The Morgan fingerprint density at radius 2 is 2.00 bits per heavy atom. The molecule has 130 valence electrons. The number of aliphatic imine (C=N–C) groups is 1. The monoisotopic (exact) mass is 377 g/mol. The third-order valence-corrected chi connectivity index (χ3v) is 4.10. The molecule has 0 spiro atoms. The highest BCUT2D eigenvalue weighted by Gasteiger charge is 2.13. The molecule has 2 aromatic rings. The number of carbonyl (C=O) groups excluding carboxylic acids is 1. The standard InChI is InChI=1S/C17H17Cl2N5O/c1-9-12(7-10(18)8-13(9)19)11-3-4-15(23-16(11)21)24-17(25)14(22-2)5-6-20/h3-8H,20H2,1-2H3,(H3,21,23,24,25)/b6-5-,22-14?. The first-order chi connectivity index (χ1) is 11.9. The maximum atomic E-state index is 12.1. The molecule has 0 atom stereocenters. The summed E-state index contributed by atoms with van der Waals surface area (Å²) in [6, 6.07) is 6.81. The van der Waals surface area contributed by atoms with Gasteiger partial charge in [-0.05, 0) is 54.6 Å². The summed E-state index contributed by atoms with van der Waals surface area (Å²) in [6.45, 7) is 1.87. The molecule has 0 aliphatic carbocycles. The molecule has 0 aliphatic rings. The van der Waals surface area contributed by atoms with Crippen LogP contribution in [0.15, 0.2) is 41.5 Å². The van der Waals surface area contributed by atoms with Gasteiger partial charge in [-0.1, -0.05) is 23.2 Å². The summed E-state index contributed by atoms with van der Waals surface area (Å²) in [5.74, 6) is 0.0954. The Hall–Kier alpha value is -2.57. The van der Waals surface area contributed by atoms with Gasteiger partial charge in [-0.15, -0.1) is 0 Å². The first kappa shape index (κ1) is 18.8. The SMILES string of the molecule is CN=C(/C=C\N)C(=O)Nc1ccc(-c2cc(Cl)cc(Cl)c2C)c(N)n1. The number of benzene rings is 1. The minimum Gasteiger partial charge on any atom is -0.405 e. The second-order valence-corrected chi connectivity index (χ2v) is 5.96. The summed E-state index contributed by atoms with van der Waals surface area (Å²) in [4.78, 5) is 20.1. The van der Waals surface area contributed by atoms with Crippen molar-refractivity contribution in [2.24, 2.45) is 10.7 Å². The van der Waals surface area contributed by atoms with Crippen LogP contribution >= 0.6 is 23.2 Å². The number of aromatic nitrogens is 1. The molecule has 1 amide bonds. The Morgan fingerprint density at radius 3 is 2.60 bits per heavy atom. The van der Waals surface area contributed by atoms with E-state index in [0.29, 0.717) is 21.4 Å². The highest BCUT2D eigenvalue weighted by atomic mass is 35.5. The lowest BCUT2D eigenvalue weighted by atomic mass is 10.0. The van der Waals surface area contributed by atoms with Crippen molar-refractivity contribution in [2.45, 2.75) is 6.92 Å². The molecule has 1 aromatic heterocycles. The Morgan fingerprint density at radius 1 is 1.28 bits per heavy atom. The second-order valence-electron chi connectivity index (χ2n) is 5.11. The largest absolute Gasteiger partial charge is 0.405 e. The molecule has 0 radical (unpaired) electrons. The first-order valence-corrected chi connectivity index (χ1v) is 8.02. The van der Waals surface area contributed by atoms with Crippen molar-refractivity contribution in [3.05, 3.63) is 52.2 Å². The molecule has 0 saturated carbocycles. The predicted octanol–water partition coefficient (Wildman–Crippen LogP) is 3.43. The van der Waals surface area contributed by atoms with E-state index >= 15 is 0 Å². The number of carbonyl (C=O) groups is 1. The Balaban J connectivity index is 2.35. The zero-order valence-electron chi connectivity index (χ0n) is 13.7. The summed E-state index contributed by atoms with van der Waals surface area (Å²) < 4.78 is 0. The van der Waals surface area contributed by atoms with Gasteiger partial charge in [0.05, 0.1) is 0 Å². The number of rotatable bonds is 4. The van der Waals surface area contributed by atoms with Crippen molar-refractivity contribution in [1.82, 2.24) is 4.98 Å². The topological polar surface area (TPSA) is 106 Å². The summed E-state index contributed by atoms with van der Waals surface area (Å²) >= 11 is 12.2. The maximum Gasteiger partial charge on any atom is 0.274 e. The van der Waals surface area contributed by atoms with Crippen molar-refractivity contribution in [3.63, 3.8) is 0 Å². The van der Waals surface area contributed by atoms with Gasteiger partial charge in [0, 0.05) is 22.7 Å². The van der Waals surface area contributed by atoms with E-state index in [1.165, 1.54) is 19.3 Å². The van der Waals surface area contributed by atoms with Crippen LogP contribution in [0.2, 0.25) is 10.0 Å². The molecule has 0 fully saturated rings. The Bertz CT molecular complexity index is 878. The van der Waals surface area contributed by atoms with E-state index < -0.39 is 5.91 Å². The summed E-state index contributed by atoms with van der Waals surface area (Å²) in [7, 11) is 1.49. The fourth-order valence-electron chi connectivity index (χ4n) is 2.22. The predicted molar refractivity (Wildman–Crippen MR) is 104 cm³/mol. The van der Waals surface area contributed by atoms with E-state index in [-0.39, 0.29) is 11.5 Å². The number of halogens is 2. The van der Waals surface area contributed by atoms with Gasteiger partial charge >= 0.3 is 0 Å². The van der Waals surface area contributed by atoms with Gasteiger partial charge in [0.2, 0.25) is 0 Å². The van der Waals surface area contributed by atoms with Crippen molar-refractivity contribution in [2.75, 3.05) is 18.1 Å². The number of amides is 1. The molecular weight excluding hydrogens is 361 g/mol. The van der Waals surface area contributed by atoms with Crippen LogP contribution in [-0.4, -0.2) is 23.7 Å². The van der Waals surface area contributed by atoms with Crippen LogP contribution in [0.5, 0.6) is 0 Å². The average Bonchev–Trinajstić information content (AvgIpc) is 2.56. The van der Waals surface area contributed by atoms with Crippen LogP contribution in [-0.2, 0) is 4.79 Å². The third kappa shape index (κ3) is 4.29. The van der Waals surface area contributed by atoms with Crippen LogP contribution in [0, 0.1) is 6.92 Å².